The molecule has 0 saturated heterocycles. The number of thiazole rings is 1. The fourth-order valence-corrected chi connectivity index (χ4v) is 2.93. The summed E-state index contributed by atoms with van der Waals surface area (Å²) in [6.07, 6.45) is 2.56. The Hall–Kier alpha value is -2.48. The number of aromatic nitrogens is 3. The Labute approximate surface area is 124 Å². The molecule has 0 amide bonds. The van der Waals surface area contributed by atoms with Gasteiger partial charge in [0, 0.05) is 13.2 Å². The third-order valence-electron chi connectivity index (χ3n) is 3.17. The number of aryl methyl sites for hydroxylation is 2. The van der Waals surface area contributed by atoms with Crippen LogP contribution >= 0.6 is 11.3 Å². The Bertz CT molecular complexity index is 823. The van der Waals surface area contributed by atoms with Crippen molar-refractivity contribution < 1.29 is 4.92 Å². The lowest BCUT2D eigenvalue weighted by Gasteiger charge is -2.06. The number of nitrogens with one attached hydrogen (secondary N) is 1. The number of anilines is 2. The first-order chi connectivity index (χ1) is 10.1. The lowest BCUT2D eigenvalue weighted by molar-refractivity contribution is -0.382. The van der Waals surface area contributed by atoms with Gasteiger partial charge in [0.05, 0.1) is 26.5 Å². The minimum Gasteiger partial charge on any atom is -0.347 e. The van der Waals surface area contributed by atoms with Crippen LogP contribution in [0.3, 0.4) is 0 Å². The Kier molecular flexibility index (Phi) is 3.30. The highest BCUT2D eigenvalue weighted by Gasteiger charge is 2.21. The third kappa shape index (κ3) is 2.33. The molecule has 2 aromatic heterocycles. The van der Waals surface area contributed by atoms with Gasteiger partial charge in [-0.3, -0.25) is 14.8 Å². The van der Waals surface area contributed by atoms with Crippen LogP contribution in [0.25, 0.3) is 10.2 Å². The quantitative estimate of drug-likeness (QED) is 0.590. The second kappa shape index (κ2) is 5.13. The van der Waals surface area contributed by atoms with Crippen molar-refractivity contribution >= 4 is 38.6 Å². The normalized spacial score (nSPS) is 11.0. The second-order valence-corrected chi connectivity index (χ2v) is 5.45. The maximum atomic E-state index is 11.4. The molecule has 0 unspecified atom stereocenters. The molecule has 2 heterocycles. The molecule has 1 aromatic carbocycles. The van der Waals surface area contributed by atoms with Crippen LogP contribution in [0.15, 0.2) is 23.8 Å². The van der Waals surface area contributed by atoms with E-state index in [0.717, 1.165) is 22.5 Å². The molecule has 0 aliphatic rings. The molecule has 0 saturated carbocycles. The average molecular weight is 303 g/mol. The van der Waals surface area contributed by atoms with Crippen molar-refractivity contribution in [1.29, 1.82) is 0 Å². The van der Waals surface area contributed by atoms with E-state index in [9.17, 15) is 10.1 Å². The van der Waals surface area contributed by atoms with Crippen molar-refractivity contribution in [2.45, 2.75) is 13.3 Å². The molecule has 3 aromatic rings. The van der Waals surface area contributed by atoms with Gasteiger partial charge in [-0.05, 0) is 18.6 Å². The summed E-state index contributed by atoms with van der Waals surface area (Å²) in [5.74, 6) is 0. The van der Waals surface area contributed by atoms with Crippen molar-refractivity contribution in [2.24, 2.45) is 7.05 Å². The maximum Gasteiger partial charge on any atom is 0.319 e. The van der Waals surface area contributed by atoms with Crippen LogP contribution in [0.5, 0.6) is 0 Å². The molecule has 0 aliphatic carbocycles. The summed E-state index contributed by atoms with van der Waals surface area (Å²) in [5, 5.41) is 18.8. The Balaban J connectivity index is 2.11. The van der Waals surface area contributed by atoms with E-state index in [4.69, 9.17) is 0 Å². The molecule has 3 rings (SSSR count). The van der Waals surface area contributed by atoms with Gasteiger partial charge < -0.3 is 5.32 Å². The molecule has 0 fully saturated rings. The molecule has 0 atom stereocenters. The van der Waals surface area contributed by atoms with Crippen LogP contribution in [0.2, 0.25) is 0 Å². The van der Waals surface area contributed by atoms with Crippen molar-refractivity contribution in [1.82, 2.24) is 14.8 Å². The van der Waals surface area contributed by atoms with E-state index in [2.05, 4.69) is 15.4 Å². The number of benzene rings is 1. The van der Waals surface area contributed by atoms with Crippen molar-refractivity contribution in [2.75, 3.05) is 5.32 Å². The van der Waals surface area contributed by atoms with E-state index >= 15 is 0 Å². The van der Waals surface area contributed by atoms with Gasteiger partial charge in [0.1, 0.15) is 5.69 Å². The molecule has 0 spiro atoms. The zero-order valence-electron chi connectivity index (χ0n) is 11.5. The SMILES string of the molecule is CCc1nn(C)cc1Nc1ccc2scnc2c1[N+](=O)[O-]. The van der Waals surface area contributed by atoms with Crippen LogP contribution in [-0.2, 0) is 13.5 Å². The first-order valence-corrected chi connectivity index (χ1v) is 7.28. The highest BCUT2D eigenvalue weighted by Crippen LogP contribution is 2.36. The molecule has 0 radical (unpaired) electrons. The zero-order valence-corrected chi connectivity index (χ0v) is 12.3. The molecular weight excluding hydrogens is 290 g/mol. The zero-order chi connectivity index (χ0) is 15.0. The maximum absolute atomic E-state index is 11.4. The Morgan fingerprint density at radius 3 is 2.95 bits per heavy atom. The fraction of sp³-hybridized carbons (Fsp3) is 0.231. The van der Waals surface area contributed by atoms with E-state index in [-0.39, 0.29) is 5.69 Å². The standard InChI is InChI=1S/C13H13N5O2S/c1-3-8-10(6-17(2)16-8)15-9-4-5-11-12(14-7-21-11)13(9)18(19)20/h4-7,15H,3H2,1-2H3. The summed E-state index contributed by atoms with van der Waals surface area (Å²) in [5.41, 5.74) is 4.10. The predicted molar refractivity (Wildman–Crippen MR) is 82.1 cm³/mol. The van der Waals surface area contributed by atoms with Gasteiger partial charge in [0.2, 0.25) is 0 Å². The summed E-state index contributed by atoms with van der Waals surface area (Å²) in [7, 11) is 1.82. The van der Waals surface area contributed by atoms with Gasteiger partial charge in [0.25, 0.3) is 0 Å². The number of hydrogen-bond donors (Lipinski definition) is 1. The van der Waals surface area contributed by atoms with E-state index in [1.807, 2.05) is 26.2 Å². The molecule has 21 heavy (non-hydrogen) atoms. The van der Waals surface area contributed by atoms with E-state index in [1.54, 1.807) is 16.3 Å². The van der Waals surface area contributed by atoms with Crippen LogP contribution in [0.1, 0.15) is 12.6 Å². The number of nitro groups is 1. The fourth-order valence-electron chi connectivity index (χ4n) is 2.25. The third-order valence-corrected chi connectivity index (χ3v) is 3.96. The van der Waals surface area contributed by atoms with Gasteiger partial charge in [-0.15, -0.1) is 11.3 Å². The van der Waals surface area contributed by atoms with Gasteiger partial charge in [-0.2, -0.15) is 5.10 Å². The predicted octanol–water partition coefficient (Wildman–Crippen LogP) is 3.24. The molecular formula is C13H13N5O2S. The van der Waals surface area contributed by atoms with Crippen LogP contribution < -0.4 is 5.32 Å². The van der Waals surface area contributed by atoms with E-state index in [1.165, 1.54) is 11.3 Å². The minimum atomic E-state index is -0.396. The number of hydrogen-bond acceptors (Lipinski definition) is 6. The van der Waals surface area contributed by atoms with Crippen molar-refractivity contribution in [3.63, 3.8) is 0 Å². The monoisotopic (exact) mass is 303 g/mol. The first-order valence-electron chi connectivity index (χ1n) is 6.40. The van der Waals surface area contributed by atoms with Gasteiger partial charge in [-0.1, -0.05) is 6.92 Å². The largest absolute Gasteiger partial charge is 0.347 e. The number of nitrogens with zero attached hydrogens (tertiary/aromatic N) is 4. The molecule has 108 valence electrons. The van der Waals surface area contributed by atoms with Crippen molar-refractivity contribution in [3.8, 4) is 0 Å². The van der Waals surface area contributed by atoms with Crippen LogP contribution in [0.4, 0.5) is 17.1 Å². The van der Waals surface area contributed by atoms with Crippen LogP contribution in [-0.4, -0.2) is 19.7 Å². The van der Waals surface area contributed by atoms with Crippen LogP contribution in [0, 0.1) is 10.1 Å². The number of rotatable bonds is 4. The van der Waals surface area contributed by atoms with Gasteiger partial charge in [0.15, 0.2) is 5.52 Å². The Morgan fingerprint density at radius 1 is 1.43 bits per heavy atom. The van der Waals surface area contributed by atoms with E-state index < -0.39 is 4.92 Å². The van der Waals surface area contributed by atoms with Crippen molar-refractivity contribution in [3.05, 3.63) is 39.6 Å². The highest BCUT2D eigenvalue weighted by molar-refractivity contribution is 7.16. The summed E-state index contributed by atoms with van der Waals surface area (Å²) < 4.78 is 2.49. The molecule has 0 bridgehead atoms. The minimum absolute atomic E-state index is 0.000318. The number of fused-ring (bicyclic) bond motifs is 1. The smallest absolute Gasteiger partial charge is 0.319 e. The van der Waals surface area contributed by atoms with Gasteiger partial charge in [-0.25, -0.2) is 4.98 Å². The molecule has 8 heteroatoms. The summed E-state index contributed by atoms with van der Waals surface area (Å²) in [4.78, 5) is 15.1. The topological polar surface area (TPSA) is 85.9 Å². The van der Waals surface area contributed by atoms with E-state index in [0.29, 0.717) is 11.2 Å². The lowest BCUT2D eigenvalue weighted by Crippen LogP contribution is -1.99. The summed E-state index contributed by atoms with van der Waals surface area (Å²) in [6.45, 7) is 1.99. The molecule has 0 aliphatic heterocycles. The highest BCUT2D eigenvalue weighted by atomic mass is 32.1. The molecule has 7 nitrogen and oxygen atoms in total. The lowest BCUT2D eigenvalue weighted by atomic mass is 10.2. The average Bonchev–Trinajstić information content (AvgIpc) is 3.04. The molecule has 1 N–H and O–H groups in total. The summed E-state index contributed by atoms with van der Waals surface area (Å²) >= 11 is 1.39. The summed E-state index contributed by atoms with van der Waals surface area (Å²) in [6, 6.07) is 3.55. The second-order valence-electron chi connectivity index (χ2n) is 4.56. The first kappa shape index (κ1) is 13.5. The van der Waals surface area contributed by atoms with Gasteiger partial charge >= 0.3 is 5.69 Å². The number of nitro benzene ring substituents is 1. The Morgan fingerprint density at radius 2 is 2.24 bits per heavy atom.